The number of aromatic nitrogens is 3. The first-order chi connectivity index (χ1) is 8.86. The molecule has 2 N–H and O–H groups in total. The summed E-state index contributed by atoms with van der Waals surface area (Å²) in [5, 5.41) is 3.17. The maximum absolute atomic E-state index is 4.54. The van der Waals surface area contributed by atoms with Gasteiger partial charge >= 0.3 is 0 Å². The van der Waals surface area contributed by atoms with Gasteiger partial charge in [-0.05, 0) is 31.2 Å². The summed E-state index contributed by atoms with van der Waals surface area (Å²) < 4.78 is 0. The summed E-state index contributed by atoms with van der Waals surface area (Å²) in [6.45, 7) is 2.92. The number of nitrogens with zero attached hydrogens (tertiary/aromatic N) is 2. The van der Waals surface area contributed by atoms with E-state index in [0.717, 1.165) is 34.8 Å². The summed E-state index contributed by atoms with van der Waals surface area (Å²) in [6, 6.07) is 12.0. The van der Waals surface area contributed by atoms with Crippen molar-refractivity contribution in [2.45, 2.75) is 6.92 Å². The fourth-order valence-corrected chi connectivity index (χ4v) is 1.91. The molecule has 0 fully saturated rings. The summed E-state index contributed by atoms with van der Waals surface area (Å²) in [7, 11) is 0. The number of aromatic amines is 1. The van der Waals surface area contributed by atoms with Crippen LogP contribution in [0.4, 0.5) is 5.82 Å². The highest BCUT2D eigenvalue weighted by Gasteiger charge is 2.04. The molecule has 2 aromatic heterocycles. The lowest BCUT2D eigenvalue weighted by Gasteiger charge is -2.02. The molecule has 0 spiro atoms. The number of hydrogen-bond acceptors (Lipinski definition) is 3. The van der Waals surface area contributed by atoms with Crippen molar-refractivity contribution in [2.75, 3.05) is 11.9 Å². The van der Waals surface area contributed by atoms with Gasteiger partial charge in [0.2, 0.25) is 0 Å². The Morgan fingerprint density at radius 1 is 1.17 bits per heavy atom. The Morgan fingerprint density at radius 3 is 2.78 bits per heavy atom. The normalized spacial score (nSPS) is 10.7. The average molecular weight is 238 g/mol. The maximum atomic E-state index is 4.54. The molecule has 18 heavy (non-hydrogen) atoms. The van der Waals surface area contributed by atoms with Gasteiger partial charge in [0.15, 0.2) is 0 Å². The molecule has 0 saturated heterocycles. The number of imidazole rings is 1. The molecule has 0 saturated carbocycles. The number of para-hydroxylation sites is 2. The smallest absolute Gasteiger partial charge is 0.140 e. The van der Waals surface area contributed by atoms with E-state index in [2.05, 4.69) is 27.2 Å². The molecule has 3 rings (SSSR count). The molecule has 0 amide bonds. The lowest BCUT2D eigenvalue weighted by Crippen LogP contribution is -1.98. The highest BCUT2D eigenvalue weighted by atomic mass is 15.0. The fourth-order valence-electron chi connectivity index (χ4n) is 1.91. The maximum Gasteiger partial charge on any atom is 0.140 e. The van der Waals surface area contributed by atoms with Crippen molar-refractivity contribution in [1.29, 1.82) is 0 Å². The second kappa shape index (κ2) is 4.49. The number of rotatable bonds is 3. The van der Waals surface area contributed by atoms with Crippen molar-refractivity contribution in [1.82, 2.24) is 15.0 Å². The van der Waals surface area contributed by atoms with Gasteiger partial charge in [0.05, 0.1) is 11.0 Å². The number of fused-ring (bicyclic) bond motifs is 1. The standard InChI is InChI=1S/C14H14N4/c1-2-15-13-8-7-10(9-16-13)14-17-11-5-3-4-6-12(11)18-14/h3-9H,2H2,1H3,(H,15,16)(H,17,18). The van der Waals surface area contributed by atoms with E-state index in [-0.39, 0.29) is 0 Å². The predicted molar refractivity (Wildman–Crippen MR) is 73.5 cm³/mol. The van der Waals surface area contributed by atoms with Crippen LogP contribution in [0.3, 0.4) is 0 Å². The minimum atomic E-state index is 0.853. The van der Waals surface area contributed by atoms with Crippen LogP contribution in [0.5, 0.6) is 0 Å². The third-order valence-corrected chi connectivity index (χ3v) is 2.78. The van der Waals surface area contributed by atoms with Gasteiger partial charge in [-0.3, -0.25) is 0 Å². The highest BCUT2D eigenvalue weighted by molar-refractivity contribution is 5.79. The van der Waals surface area contributed by atoms with E-state index in [0.29, 0.717) is 0 Å². The largest absolute Gasteiger partial charge is 0.370 e. The molecular weight excluding hydrogens is 224 g/mol. The SMILES string of the molecule is CCNc1ccc(-c2nc3ccccc3[nH]2)cn1. The van der Waals surface area contributed by atoms with Crippen molar-refractivity contribution >= 4 is 16.9 Å². The first-order valence-corrected chi connectivity index (χ1v) is 6.02. The van der Waals surface area contributed by atoms with Crippen molar-refractivity contribution in [3.8, 4) is 11.4 Å². The molecule has 2 heterocycles. The molecule has 1 aromatic carbocycles. The molecule has 0 bridgehead atoms. The monoisotopic (exact) mass is 238 g/mol. The summed E-state index contributed by atoms with van der Waals surface area (Å²) in [4.78, 5) is 12.2. The molecule has 4 heteroatoms. The lowest BCUT2D eigenvalue weighted by molar-refractivity contribution is 1.16. The summed E-state index contributed by atoms with van der Waals surface area (Å²) >= 11 is 0. The third kappa shape index (κ3) is 1.93. The summed E-state index contributed by atoms with van der Waals surface area (Å²) in [6.07, 6.45) is 1.83. The van der Waals surface area contributed by atoms with Gasteiger partial charge < -0.3 is 10.3 Å². The first-order valence-electron chi connectivity index (χ1n) is 6.02. The molecule has 0 radical (unpaired) electrons. The van der Waals surface area contributed by atoms with Gasteiger partial charge in [0.1, 0.15) is 11.6 Å². The Hall–Kier alpha value is -2.36. The van der Waals surface area contributed by atoms with E-state index in [1.54, 1.807) is 0 Å². The Labute approximate surface area is 105 Å². The third-order valence-electron chi connectivity index (χ3n) is 2.78. The lowest BCUT2D eigenvalue weighted by atomic mass is 10.2. The van der Waals surface area contributed by atoms with Crippen LogP contribution in [0.25, 0.3) is 22.4 Å². The zero-order chi connectivity index (χ0) is 12.4. The van der Waals surface area contributed by atoms with Crippen molar-refractivity contribution in [3.63, 3.8) is 0 Å². The molecule has 3 aromatic rings. The van der Waals surface area contributed by atoms with E-state index in [1.807, 2.05) is 42.6 Å². The summed E-state index contributed by atoms with van der Waals surface area (Å²) in [5.41, 5.74) is 3.01. The van der Waals surface area contributed by atoms with Crippen LogP contribution < -0.4 is 5.32 Å². The van der Waals surface area contributed by atoms with Crippen LogP contribution in [0.15, 0.2) is 42.6 Å². The predicted octanol–water partition coefficient (Wildman–Crippen LogP) is 3.06. The Balaban J connectivity index is 1.98. The second-order valence-electron chi connectivity index (χ2n) is 4.07. The van der Waals surface area contributed by atoms with E-state index in [1.165, 1.54) is 0 Å². The Morgan fingerprint density at radius 2 is 2.06 bits per heavy atom. The minimum absolute atomic E-state index is 0.853. The molecule has 90 valence electrons. The highest BCUT2D eigenvalue weighted by Crippen LogP contribution is 2.20. The number of nitrogens with one attached hydrogen (secondary N) is 2. The van der Waals surface area contributed by atoms with Crippen molar-refractivity contribution < 1.29 is 0 Å². The summed E-state index contributed by atoms with van der Waals surface area (Å²) in [5.74, 6) is 1.74. The van der Waals surface area contributed by atoms with Crippen LogP contribution in [-0.4, -0.2) is 21.5 Å². The van der Waals surface area contributed by atoms with Gasteiger partial charge in [-0.1, -0.05) is 12.1 Å². The molecular formula is C14H14N4. The van der Waals surface area contributed by atoms with Crippen molar-refractivity contribution in [3.05, 3.63) is 42.6 Å². The van der Waals surface area contributed by atoms with Crippen LogP contribution in [0.2, 0.25) is 0 Å². The second-order valence-corrected chi connectivity index (χ2v) is 4.07. The average Bonchev–Trinajstić information content (AvgIpc) is 2.84. The number of hydrogen-bond donors (Lipinski definition) is 2. The fraction of sp³-hybridized carbons (Fsp3) is 0.143. The molecule has 4 nitrogen and oxygen atoms in total. The van der Waals surface area contributed by atoms with Crippen molar-refractivity contribution in [2.24, 2.45) is 0 Å². The molecule has 0 aliphatic rings. The molecule has 0 aliphatic heterocycles. The van der Waals surface area contributed by atoms with Crippen LogP contribution in [-0.2, 0) is 0 Å². The Bertz CT molecular complexity index is 622. The molecule has 0 atom stereocenters. The van der Waals surface area contributed by atoms with Gasteiger partial charge in [-0.15, -0.1) is 0 Å². The number of anilines is 1. The van der Waals surface area contributed by atoms with Gasteiger partial charge in [0.25, 0.3) is 0 Å². The number of H-pyrrole nitrogens is 1. The topological polar surface area (TPSA) is 53.6 Å². The number of pyridine rings is 1. The molecule has 0 unspecified atom stereocenters. The van der Waals surface area contributed by atoms with Gasteiger partial charge in [-0.25, -0.2) is 9.97 Å². The van der Waals surface area contributed by atoms with Gasteiger partial charge in [-0.2, -0.15) is 0 Å². The van der Waals surface area contributed by atoms with Gasteiger partial charge in [0, 0.05) is 18.3 Å². The zero-order valence-corrected chi connectivity index (χ0v) is 10.1. The van der Waals surface area contributed by atoms with E-state index < -0.39 is 0 Å². The van der Waals surface area contributed by atoms with E-state index in [9.17, 15) is 0 Å². The van der Waals surface area contributed by atoms with Crippen LogP contribution >= 0.6 is 0 Å². The molecule has 0 aliphatic carbocycles. The van der Waals surface area contributed by atoms with Crippen LogP contribution in [0.1, 0.15) is 6.92 Å². The van der Waals surface area contributed by atoms with E-state index in [4.69, 9.17) is 0 Å². The van der Waals surface area contributed by atoms with E-state index >= 15 is 0 Å². The minimum Gasteiger partial charge on any atom is -0.370 e. The first kappa shape index (κ1) is 10.8. The zero-order valence-electron chi connectivity index (χ0n) is 10.1. The quantitative estimate of drug-likeness (QED) is 0.737. The Kier molecular flexibility index (Phi) is 2.68. The van der Waals surface area contributed by atoms with Crippen LogP contribution in [0, 0.1) is 0 Å². The number of benzene rings is 1.